The van der Waals surface area contributed by atoms with Crippen LogP contribution in [0.4, 0.5) is 4.79 Å². The zero-order valence-corrected chi connectivity index (χ0v) is 18.1. The Kier molecular flexibility index (Phi) is 7.85. The number of ether oxygens (including phenoxy) is 2. The van der Waals surface area contributed by atoms with E-state index in [1.54, 1.807) is 20.8 Å². The first-order valence-electron chi connectivity index (χ1n) is 9.96. The summed E-state index contributed by atoms with van der Waals surface area (Å²) in [6.45, 7) is 7.26. The van der Waals surface area contributed by atoms with E-state index in [2.05, 4.69) is 18.3 Å². The molecule has 160 valence electrons. The summed E-state index contributed by atoms with van der Waals surface area (Å²) in [6, 6.07) is 17.7. The molecule has 1 atom stereocenters. The van der Waals surface area contributed by atoms with E-state index in [9.17, 15) is 15.2 Å². The molecule has 2 rings (SSSR count). The highest BCUT2D eigenvalue weighted by Gasteiger charge is 2.33. The van der Waals surface area contributed by atoms with Crippen molar-refractivity contribution in [1.29, 1.82) is 5.26 Å². The summed E-state index contributed by atoms with van der Waals surface area (Å²) in [5.74, 6) is 0.752. The van der Waals surface area contributed by atoms with Gasteiger partial charge in [-0.25, -0.2) is 4.79 Å². The van der Waals surface area contributed by atoms with Crippen molar-refractivity contribution in [1.82, 2.24) is 5.32 Å². The maximum Gasteiger partial charge on any atom is 0.408 e. The van der Waals surface area contributed by atoms with Crippen LogP contribution >= 0.6 is 0 Å². The molecule has 0 fully saturated rings. The lowest BCUT2D eigenvalue weighted by Gasteiger charge is -2.28. The number of rotatable bonds is 8. The largest absolute Gasteiger partial charge is 0.489 e. The quantitative estimate of drug-likeness (QED) is 0.677. The number of aliphatic hydroxyl groups is 1. The molecule has 30 heavy (non-hydrogen) atoms. The van der Waals surface area contributed by atoms with Crippen molar-refractivity contribution in [3.8, 4) is 11.8 Å². The highest BCUT2D eigenvalue weighted by atomic mass is 16.6. The van der Waals surface area contributed by atoms with Crippen molar-refractivity contribution >= 4 is 6.09 Å². The Morgan fingerprint density at radius 1 is 1.13 bits per heavy atom. The molecule has 0 aliphatic rings. The number of carbonyl (C=O) groups is 1. The number of alkyl carbamates (subject to hydrolysis) is 1. The van der Waals surface area contributed by atoms with Gasteiger partial charge in [-0.1, -0.05) is 36.4 Å². The highest BCUT2D eigenvalue weighted by Crippen LogP contribution is 2.19. The highest BCUT2D eigenvalue weighted by molar-refractivity contribution is 5.69. The van der Waals surface area contributed by atoms with Gasteiger partial charge < -0.3 is 19.9 Å². The van der Waals surface area contributed by atoms with Crippen LogP contribution in [-0.4, -0.2) is 28.9 Å². The van der Waals surface area contributed by atoms with Crippen molar-refractivity contribution in [2.24, 2.45) is 0 Å². The number of amides is 1. The Balaban J connectivity index is 1.94. The topological polar surface area (TPSA) is 91.6 Å². The normalized spacial score (nSPS) is 13.1. The number of nitrogens with zero attached hydrogens (tertiary/aromatic N) is 1. The first-order chi connectivity index (χ1) is 14.2. The number of carbonyl (C=O) groups excluding carboxylic acids is 1. The number of nitrogens with one attached hydrogen (secondary N) is 1. The molecule has 2 aromatic carbocycles. The third kappa shape index (κ3) is 7.09. The van der Waals surface area contributed by atoms with Crippen LogP contribution < -0.4 is 10.1 Å². The molecule has 0 radical (unpaired) electrons. The number of benzene rings is 2. The van der Waals surface area contributed by atoms with Gasteiger partial charge in [-0.3, -0.25) is 0 Å². The van der Waals surface area contributed by atoms with E-state index in [4.69, 9.17) is 9.47 Å². The molecule has 0 saturated heterocycles. The summed E-state index contributed by atoms with van der Waals surface area (Å²) in [5.41, 5.74) is 1.20. The van der Waals surface area contributed by atoms with Crippen LogP contribution in [-0.2, 0) is 17.8 Å². The Hall–Kier alpha value is -3.04. The third-order valence-corrected chi connectivity index (χ3v) is 4.64. The van der Waals surface area contributed by atoms with E-state index >= 15 is 0 Å². The average Bonchev–Trinajstić information content (AvgIpc) is 2.70. The second-order valence-electron chi connectivity index (χ2n) is 8.34. The minimum atomic E-state index is -1.40. The van der Waals surface area contributed by atoms with Gasteiger partial charge in [-0.2, -0.15) is 5.26 Å². The van der Waals surface area contributed by atoms with Crippen molar-refractivity contribution in [2.75, 3.05) is 6.61 Å². The van der Waals surface area contributed by atoms with Gasteiger partial charge in [-0.15, -0.1) is 0 Å². The molecule has 1 amide bonds. The first-order valence-corrected chi connectivity index (χ1v) is 9.96. The number of nitriles is 1. The van der Waals surface area contributed by atoms with Crippen LogP contribution in [0.3, 0.4) is 0 Å². The van der Waals surface area contributed by atoms with Gasteiger partial charge in [0.05, 0.1) is 12.7 Å². The van der Waals surface area contributed by atoms with Crippen molar-refractivity contribution in [3.05, 3.63) is 65.2 Å². The Morgan fingerprint density at radius 3 is 2.37 bits per heavy atom. The molecule has 0 heterocycles. The lowest BCUT2D eigenvalue weighted by atomic mass is 9.93. The lowest BCUT2D eigenvalue weighted by Crippen LogP contribution is -2.52. The molecule has 0 aliphatic carbocycles. The summed E-state index contributed by atoms with van der Waals surface area (Å²) in [6.07, 6.45) is 0.0306. The smallest absolute Gasteiger partial charge is 0.408 e. The Labute approximate surface area is 178 Å². The van der Waals surface area contributed by atoms with Crippen LogP contribution in [0.1, 0.15) is 43.9 Å². The summed E-state index contributed by atoms with van der Waals surface area (Å²) in [4.78, 5) is 12.0. The van der Waals surface area contributed by atoms with E-state index in [1.165, 1.54) is 5.56 Å². The van der Waals surface area contributed by atoms with Crippen molar-refractivity contribution < 1.29 is 19.4 Å². The van der Waals surface area contributed by atoms with Crippen LogP contribution in [0, 0.1) is 18.3 Å². The second-order valence-corrected chi connectivity index (χ2v) is 8.34. The van der Waals surface area contributed by atoms with Gasteiger partial charge in [0, 0.05) is 0 Å². The van der Waals surface area contributed by atoms with E-state index in [0.29, 0.717) is 13.0 Å². The zero-order chi connectivity index (χ0) is 22.2. The van der Waals surface area contributed by atoms with Crippen molar-refractivity contribution in [3.63, 3.8) is 0 Å². The van der Waals surface area contributed by atoms with Crippen molar-refractivity contribution in [2.45, 2.75) is 58.3 Å². The molecule has 2 N–H and O–H groups in total. The molecule has 6 heteroatoms. The Morgan fingerprint density at radius 2 is 1.80 bits per heavy atom. The van der Waals surface area contributed by atoms with Gasteiger partial charge in [0.1, 0.15) is 18.0 Å². The molecule has 0 bridgehead atoms. The molecule has 0 saturated carbocycles. The summed E-state index contributed by atoms with van der Waals surface area (Å²) in [5, 5.41) is 21.8. The predicted octanol–water partition coefficient (Wildman–Crippen LogP) is 4.29. The van der Waals surface area contributed by atoms with Crippen LogP contribution in [0.5, 0.6) is 5.75 Å². The molecule has 2 aromatic rings. The summed E-state index contributed by atoms with van der Waals surface area (Å²) in [7, 11) is 0. The molecule has 1 unspecified atom stereocenters. The molecule has 0 spiro atoms. The monoisotopic (exact) mass is 410 g/mol. The van der Waals surface area contributed by atoms with Gasteiger partial charge >= 0.3 is 6.09 Å². The number of hydrogen-bond acceptors (Lipinski definition) is 5. The number of aliphatic hydroxyl groups excluding tert-OH is 1. The maximum absolute atomic E-state index is 12.0. The van der Waals surface area contributed by atoms with Gasteiger partial charge in [-0.05, 0) is 69.4 Å². The first kappa shape index (κ1) is 23.2. The lowest BCUT2D eigenvalue weighted by molar-refractivity contribution is 0.0438. The van der Waals surface area contributed by atoms with E-state index in [-0.39, 0.29) is 6.42 Å². The van der Waals surface area contributed by atoms with E-state index in [0.717, 1.165) is 16.9 Å². The van der Waals surface area contributed by atoms with Crippen LogP contribution in [0.15, 0.2) is 48.5 Å². The fourth-order valence-corrected chi connectivity index (χ4v) is 2.84. The van der Waals surface area contributed by atoms with Gasteiger partial charge in [0.15, 0.2) is 5.54 Å². The van der Waals surface area contributed by atoms with Gasteiger partial charge in [0.25, 0.3) is 0 Å². The Bertz CT molecular complexity index is 881. The molecule has 6 nitrogen and oxygen atoms in total. The number of hydrogen-bond donors (Lipinski definition) is 2. The maximum atomic E-state index is 12.0. The third-order valence-electron chi connectivity index (χ3n) is 4.64. The molecule has 0 aliphatic heterocycles. The van der Waals surface area contributed by atoms with Crippen LogP contribution in [0.2, 0.25) is 0 Å². The fourth-order valence-electron chi connectivity index (χ4n) is 2.84. The SMILES string of the molecule is Cc1ccccc1COc1ccc(CCC(C#N)(CO)NC(=O)OC(C)(C)C)cc1. The zero-order valence-electron chi connectivity index (χ0n) is 18.1. The van der Waals surface area contributed by atoms with Crippen LogP contribution in [0.25, 0.3) is 0 Å². The van der Waals surface area contributed by atoms with E-state index < -0.39 is 23.8 Å². The minimum Gasteiger partial charge on any atom is -0.489 e. The standard InChI is InChI=1S/C24H30N2O4/c1-18-7-5-6-8-20(18)15-29-21-11-9-19(10-12-21)13-14-24(16-25,17-27)26-22(28)30-23(2,3)4/h5-12,27H,13-15,17H2,1-4H3,(H,26,28). The predicted molar refractivity (Wildman–Crippen MR) is 115 cm³/mol. The second kappa shape index (κ2) is 10.1. The fraction of sp³-hybridized carbons (Fsp3) is 0.417. The van der Waals surface area contributed by atoms with Gasteiger partial charge in [0.2, 0.25) is 0 Å². The molecule has 0 aromatic heterocycles. The minimum absolute atomic E-state index is 0.253. The molecular formula is C24H30N2O4. The summed E-state index contributed by atoms with van der Waals surface area (Å²) < 4.78 is 11.1. The number of aryl methyl sites for hydroxylation is 2. The summed E-state index contributed by atoms with van der Waals surface area (Å²) >= 11 is 0. The average molecular weight is 411 g/mol. The van der Waals surface area contributed by atoms with E-state index in [1.807, 2.05) is 48.5 Å². The molecular weight excluding hydrogens is 380 g/mol.